The van der Waals surface area contributed by atoms with Crippen molar-refractivity contribution >= 4 is 134 Å². The Bertz CT molecular complexity index is 3400. The number of hydrogen-bond acceptors (Lipinski definition) is 24. The van der Waals surface area contributed by atoms with E-state index in [0.29, 0.717) is 5.56 Å². The van der Waals surface area contributed by atoms with Crippen LogP contribution in [-0.4, -0.2) is 264 Å². The van der Waals surface area contributed by atoms with Gasteiger partial charge in [-0.25, -0.2) is 0 Å². The zero-order chi connectivity index (χ0) is 82.7. The van der Waals surface area contributed by atoms with E-state index in [1.54, 1.807) is 51.1 Å². The third-order valence-corrected chi connectivity index (χ3v) is 19.0. The summed E-state index contributed by atoms with van der Waals surface area (Å²) in [4.78, 5) is 231. The van der Waals surface area contributed by atoms with Gasteiger partial charge in [0.05, 0.1) is 45.3 Å². The molecule has 0 spiro atoms. The standard InChI is InChI=1S/C64H107N25O19S2/c1-6-31(3)48-60(107)78-26-45(93)79-33(5)51(98)86-42(50(66)97)29-109-110-30-43(87-58(105)41(28-91)85-57(104)40(27-90)84-52(99)35(65)16-11-19-73-62(67)68)59(106)82-38(22-34-14-9-8-10-15-34)53(100)77-24-44(92)76-25-46(94)80-36(17-12-20-74-63(69)70)54(101)89-49(32(4)7-2)61(108)83-39(23-47(95)96)56(103)81-37(55(102)88-48)18-13-21-75-64(71)72/h8-10,14-15,31-33,35-43,48-49,90-91H,6-7,11-13,16-30,65H2,1-5H3,(H2,66,97)(H,76,92)(H,77,100)(H,78,107)(H,79,93)(H,80,94)(H,81,103)(H,82,106)(H,83,108)(H,84,99)(H,85,104)(H,86,98)(H,87,105)(H,88,102)(H,89,101)(H,95,96)(H4,67,68,73)(H4,69,70,74)(H4,71,72,75)/t31-,32-,33+,35-,36-,37+,38-,39+,40-,41-,42-,43-,48-,49-/m0/s1. The first-order valence-electron chi connectivity index (χ1n) is 35.0. The molecule has 110 heavy (non-hydrogen) atoms. The third-order valence-electron chi connectivity index (χ3n) is 16.5. The summed E-state index contributed by atoms with van der Waals surface area (Å²) in [5, 5.41) is 64.0. The van der Waals surface area contributed by atoms with E-state index in [1.807, 2.05) is 0 Å². The Kier molecular flexibility index (Phi) is 43.9. The summed E-state index contributed by atoms with van der Waals surface area (Å²) in [6.07, 6.45) is -1.14. The summed E-state index contributed by atoms with van der Waals surface area (Å²) >= 11 is 0. The van der Waals surface area contributed by atoms with Crippen molar-refractivity contribution in [1.82, 2.24) is 74.4 Å². The minimum absolute atomic E-state index is 0.00703. The van der Waals surface area contributed by atoms with Crippen molar-refractivity contribution in [2.75, 3.05) is 64.0 Å². The van der Waals surface area contributed by atoms with Gasteiger partial charge in [-0.15, -0.1) is 0 Å². The summed E-state index contributed by atoms with van der Waals surface area (Å²) in [7, 11) is 1.60. The van der Waals surface area contributed by atoms with Crippen LogP contribution in [0.15, 0.2) is 45.3 Å². The van der Waals surface area contributed by atoms with Crippen LogP contribution in [-0.2, 0) is 83.1 Å². The van der Waals surface area contributed by atoms with Crippen LogP contribution in [0.3, 0.4) is 0 Å². The molecule has 0 saturated carbocycles. The van der Waals surface area contributed by atoms with E-state index >= 15 is 0 Å². The van der Waals surface area contributed by atoms with Crippen LogP contribution in [0.5, 0.6) is 0 Å². The molecule has 46 heteroatoms. The number of hydrogen-bond donors (Lipinski definition) is 25. The van der Waals surface area contributed by atoms with Gasteiger partial charge in [-0.2, -0.15) is 0 Å². The maximum Gasteiger partial charge on any atom is 0.305 e. The van der Waals surface area contributed by atoms with Gasteiger partial charge in [0, 0.05) is 37.6 Å². The number of carboxylic acids is 1. The number of aliphatic imine (C=N–C) groups is 3. The Labute approximate surface area is 641 Å². The molecule has 0 aromatic heterocycles. The first-order valence-corrected chi connectivity index (χ1v) is 37.5. The number of amides is 15. The lowest BCUT2D eigenvalue weighted by Gasteiger charge is -2.29. The van der Waals surface area contributed by atoms with E-state index < -0.39 is 224 Å². The molecule has 1 aromatic carbocycles. The lowest BCUT2D eigenvalue weighted by molar-refractivity contribution is -0.142. The molecule has 44 nitrogen and oxygen atoms in total. The van der Waals surface area contributed by atoms with Crippen molar-refractivity contribution in [1.29, 1.82) is 0 Å². The lowest BCUT2D eigenvalue weighted by Crippen LogP contribution is -2.61. The molecule has 1 aliphatic rings. The molecule has 1 fully saturated rings. The topological polar surface area (TPSA) is 747 Å². The number of rotatable bonds is 29. The number of benzene rings is 1. The summed E-state index contributed by atoms with van der Waals surface area (Å²) in [5.74, 6) is -20.5. The van der Waals surface area contributed by atoms with Gasteiger partial charge in [-0.1, -0.05) is 92.5 Å². The smallest absolute Gasteiger partial charge is 0.305 e. The van der Waals surface area contributed by atoms with Crippen molar-refractivity contribution in [3.05, 3.63) is 35.9 Å². The van der Waals surface area contributed by atoms with Crippen molar-refractivity contribution in [3.8, 4) is 0 Å². The molecule has 0 radical (unpaired) electrons. The molecular weight excluding hydrogens is 1490 g/mol. The molecule has 0 bridgehead atoms. The number of carbonyl (C=O) groups excluding carboxylic acids is 15. The summed E-state index contributed by atoms with van der Waals surface area (Å²) < 4.78 is 0. The highest BCUT2D eigenvalue weighted by atomic mass is 33.1. The van der Waals surface area contributed by atoms with Crippen LogP contribution in [0.2, 0.25) is 0 Å². The highest BCUT2D eigenvalue weighted by molar-refractivity contribution is 8.76. The number of guanidine groups is 3. The van der Waals surface area contributed by atoms with Crippen molar-refractivity contribution in [2.24, 2.45) is 72.7 Å². The van der Waals surface area contributed by atoms with E-state index in [0.717, 1.165) is 21.6 Å². The summed E-state index contributed by atoms with van der Waals surface area (Å²) in [6, 6.07) is -11.2. The number of carboxylic acid groups (broad SMARTS) is 1. The highest BCUT2D eigenvalue weighted by Crippen LogP contribution is 2.24. The van der Waals surface area contributed by atoms with Gasteiger partial charge in [0.25, 0.3) is 0 Å². The molecule has 0 unspecified atom stereocenters. The minimum Gasteiger partial charge on any atom is -0.481 e. The molecule has 1 saturated heterocycles. The van der Waals surface area contributed by atoms with Gasteiger partial charge in [0.2, 0.25) is 88.6 Å². The van der Waals surface area contributed by atoms with Gasteiger partial charge >= 0.3 is 5.97 Å². The second kappa shape index (κ2) is 50.7. The fourth-order valence-corrected chi connectivity index (χ4v) is 12.2. The average molecular weight is 1590 g/mol. The summed E-state index contributed by atoms with van der Waals surface area (Å²) in [6.45, 7) is 2.88. The maximum absolute atomic E-state index is 14.6. The Hall–Kier alpha value is -10.9. The predicted octanol–water partition coefficient (Wildman–Crippen LogP) is -11.1. The molecule has 614 valence electrons. The van der Waals surface area contributed by atoms with Crippen LogP contribution in [0.25, 0.3) is 0 Å². The average Bonchev–Trinajstić information content (AvgIpc) is 0.852. The normalized spacial score (nSPS) is 22.6. The lowest BCUT2D eigenvalue weighted by atomic mass is 9.96. The SMILES string of the molecule is CC[C@H](C)[C@@H]1NC(=O)[C@H](CCCN=C(N)N)NC(=O)CNC(=O)CNC(=O)[C@H](Cc2ccccc2)NC(=O)[C@@H](NC(=O)[C@H](CO)NC(=O)[C@H](CO)NC(=O)[C@@H](N)CCCN=C(N)N)CSSC[C@@H](C(N)=O)NC(=O)[C@@H](C)NC(=O)CNC(=O)[C@H]([C@@H](C)CC)NC(=O)[C@@H](CCCN=C(N)N)NC(=O)[C@@H](CC(=O)O)NC1=O. The van der Waals surface area contributed by atoms with E-state index in [2.05, 4.69) is 89.4 Å². The quantitative estimate of drug-likeness (QED) is 0.0153. The highest BCUT2D eigenvalue weighted by Gasteiger charge is 2.38. The van der Waals surface area contributed by atoms with Crippen LogP contribution in [0.4, 0.5) is 0 Å². The van der Waals surface area contributed by atoms with E-state index in [1.165, 1.54) is 13.8 Å². The van der Waals surface area contributed by atoms with E-state index in [9.17, 15) is 92.0 Å². The Balaban J connectivity index is 2.78. The Morgan fingerprint density at radius 1 is 0.518 bits per heavy atom. The molecule has 15 amide bonds. The van der Waals surface area contributed by atoms with Crippen molar-refractivity contribution in [3.63, 3.8) is 0 Å². The molecule has 33 N–H and O–H groups in total. The van der Waals surface area contributed by atoms with E-state index in [-0.39, 0.29) is 101 Å². The molecule has 14 atom stereocenters. The fourth-order valence-electron chi connectivity index (χ4n) is 9.89. The van der Waals surface area contributed by atoms with Gasteiger partial charge in [-0.3, -0.25) is 91.7 Å². The van der Waals surface area contributed by atoms with Gasteiger partial charge in [0.1, 0.15) is 66.5 Å². The van der Waals surface area contributed by atoms with Gasteiger partial charge in [0.15, 0.2) is 17.9 Å². The first kappa shape index (κ1) is 95.2. The molecule has 1 aliphatic heterocycles. The van der Waals surface area contributed by atoms with Gasteiger partial charge < -0.3 is 136 Å². The number of primary amides is 1. The Morgan fingerprint density at radius 2 is 0.982 bits per heavy atom. The number of carbonyl (C=O) groups is 16. The molecule has 1 aromatic rings. The second-order valence-corrected chi connectivity index (χ2v) is 27.9. The molecule has 1 heterocycles. The third kappa shape index (κ3) is 36.8. The molecular formula is C64H107N25O19S2. The van der Waals surface area contributed by atoms with Gasteiger partial charge in [-0.05, 0) is 62.8 Å². The van der Waals surface area contributed by atoms with Crippen LogP contribution in [0.1, 0.15) is 98.0 Å². The molecule has 2 rings (SSSR count). The number of aliphatic carboxylic acids is 1. The largest absolute Gasteiger partial charge is 0.481 e. The van der Waals surface area contributed by atoms with Crippen LogP contribution in [0, 0.1) is 11.8 Å². The number of aliphatic hydroxyl groups is 2. The minimum atomic E-state index is -1.95. The first-order chi connectivity index (χ1) is 51.9. The number of nitrogens with one attached hydrogen (secondary N) is 14. The summed E-state index contributed by atoms with van der Waals surface area (Å²) in [5.41, 5.74) is 44.8. The number of nitrogens with two attached hydrogens (primary N) is 8. The Morgan fingerprint density at radius 3 is 1.52 bits per heavy atom. The van der Waals surface area contributed by atoms with Crippen molar-refractivity contribution in [2.45, 2.75) is 171 Å². The number of nitrogens with zero attached hydrogens (tertiary/aromatic N) is 3. The molecule has 0 aliphatic carbocycles. The monoisotopic (exact) mass is 1590 g/mol. The second-order valence-electron chi connectivity index (χ2n) is 25.4. The zero-order valence-electron chi connectivity index (χ0n) is 61.8. The van der Waals surface area contributed by atoms with Crippen LogP contribution >= 0.6 is 21.6 Å². The van der Waals surface area contributed by atoms with E-state index in [4.69, 9.17) is 45.9 Å². The predicted molar refractivity (Wildman–Crippen MR) is 403 cm³/mol. The zero-order valence-corrected chi connectivity index (χ0v) is 63.4. The maximum atomic E-state index is 14.6. The number of aliphatic hydroxyl groups excluding tert-OH is 2. The van der Waals surface area contributed by atoms with Crippen LogP contribution < -0.4 is 120 Å². The van der Waals surface area contributed by atoms with Crippen molar-refractivity contribution < 1.29 is 92.0 Å². The fraction of sp³-hybridized carbons (Fsp3) is 0.609.